The molecule has 4 heteroatoms. The molecule has 0 bridgehead atoms. The van der Waals surface area contributed by atoms with Gasteiger partial charge in [0, 0.05) is 5.54 Å². The van der Waals surface area contributed by atoms with Crippen LogP contribution in [0.4, 0.5) is 0 Å². The summed E-state index contributed by atoms with van der Waals surface area (Å²) >= 11 is 3.17. The molecule has 0 aliphatic heterocycles. The number of halogens is 1. The first-order chi connectivity index (χ1) is 6.46. The highest BCUT2D eigenvalue weighted by molar-refractivity contribution is 9.10. The molecule has 1 amide bonds. The van der Waals surface area contributed by atoms with Gasteiger partial charge in [0.15, 0.2) is 4.67 Å². The number of furan rings is 1. The molecule has 3 nitrogen and oxygen atoms in total. The van der Waals surface area contributed by atoms with E-state index in [1.807, 2.05) is 20.8 Å². The van der Waals surface area contributed by atoms with Gasteiger partial charge in [0.25, 0.3) is 5.91 Å². The van der Waals surface area contributed by atoms with Crippen LogP contribution in [0.2, 0.25) is 0 Å². The Morgan fingerprint density at radius 1 is 1.64 bits per heavy atom. The van der Waals surface area contributed by atoms with E-state index in [2.05, 4.69) is 21.2 Å². The second-order valence-corrected chi connectivity index (χ2v) is 4.52. The Morgan fingerprint density at radius 3 is 2.71 bits per heavy atom. The average Bonchev–Trinajstić information content (AvgIpc) is 2.51. The van der Waals surface area contributed by atoms with Gasteiger partial charge in [-0.15, -0.1) is 0 Å². The SMILES string of the molecule is CCC(C)(C)NC(=O)c1ccoc1Br. The van der Waals surface area contributed by atoms with Crippen LogP contribution in [-0.2, 0) is 0 Å². The smallest absolute Gasteiger partial charge is 0.256 e. The van der Waals surface area contributed by atoms with E-state index in [1.165, 1.54) is 6.26 Å². The lowest BCUT2D eigenvalue weighted by Gasteiger charge is -2.24. The molecule has 1 aromatic rings. The van der Waals surface area contributed by atoms with Crippen LogP contribution in [-0.4, -0.2) is 11.4 Å². The zero-order valence-electron chi connectivity index (χ0n) is 8.56. The fourth-order valence-corrected chi connectivity index (χ4v) is 1.34. The van der Waals surface area contributed by atoms with Gasteiger partial charge in [0.1, 0.15) is 0 Å². The van der Waals surface area contributed by atoms with Gasteiger partial charge in [0.05, 0.1) is 11.8 Å². The zero-order chi connectivity index (χ0) is 10.8. The lowest BCUT2D eigenvalue weighted by atomic mass is 10.0. The first kappa shape index (κ1) is 11.3. The van der Waals surface area contributed by atoms with Gasteiger partial charge in [-0.3, -0.25) is 4.79 Å². The fourth-order valence-electron chi connectivity index (χ4n) is 0.919. The van der Waals surface area contributed by atoms with Crippen molar-refractivity contribution in [1.29, 1.82) is 0 Å². The van der Waals surface area contributed by atoms with Crippen molar-refractivity contribution in [3.05, 3.63) is 22.6 Å². The third-order valence-corrected chi connectivity index (χ3v) is 2.81. The van der Waals surface area contributed by atoms with Crippen molar-refractivity contribution in [3.63, 3.8) is 0 Å². The summed E-state index contributed by atoms with van der Waals surface area (Å²) in [5.74, 6) is -0.113. The molecule has 0 radical (unpaired) electrons. The van der Waals surface area contributed by atoms with Crippen LogP contribution in [0.15, 0.2) is 21.4 Å². The average molecular weight is 260 g/mol. The number of carbonyl (C=O) groups is 1. The standard InChI is InChI=1S/C10H14BrNO2/c1-4-10(2,3)12-9(13)7-5-6-14-8(7)11/h5-6H,4H2,1-3H3,(H,12,13). The molecule has 14 heavy (non-hydrogen) atoms. The van der Waals surface area contributed by atoms with E-state index < -0.39 is 0 Å². The maximum absolute atomic E-state index is 11.7. The van der Waals surface area contributed by atoms with Crippen molar-refractivity contribution >= 4 is 21.8 Å². The van der Waals surface area contributed by atoms with Gasteiger partial charge < -0.3 is 9.73 Å². The van der Waals surface area contributed by atoms with E-state index in [1.54, 1.807) is 6.07 Å². The number of rotatable bonds is 3. The van der Waals surface area contributed by atoms with Crippen molar-refractivity contribution in [3.8, 4) is 0 Å². The Morgan fingerprint density at radius 2 is 2.29 bits per heavy atom. The minimum absolute atomic E-state index is 0.113. The highest BCUT2D eigenvalue weighted by Crippen LogP contribution is 2.18. The van der Waals surface area contributed by atoms with Crippen molar-refractivity contribution in [1.82, 2.24) is 5.32 Å². The molecule has 78 valence electrons. The Kier molecular flexibility index (Phi) is 3.37. The van der Waals surface area contributed by atoms with E-state index in [0.29, 0.717) is 10.2 Å². The quantitative estimate of drug-likeness (QED) is 0.907. The molecule has 0 atom stereocenters. The summed E-state index contributed by atoms with van der Waals surface area (Å²) in [6.45, 7) is 6.00. The largest absolute Gasteiger partial charge is 0.457 e. The predicted molar refractivity (Wildman–Crippen MR) is 58.2 cm³/mol. The Hall–Kier alpha value is -0.770. The van der Waals surface area contributed by atoms with Crippen LogP contribution < -0.4 is 5.32 Å². The molecule has 0 fully saturated rings. The van der Waals surface area contributed by atoms with Crippen molar-refractivity contribution in [2.45, 2.75) is 32.7 Å². The molecular weight excluding hydrogens is 246 g/mol. The lowest BCUT2D eigenvalue weighted by Crippen LogP contribution is -2.42. The topological polar surface area (TPSA) is 42.2 Å². The summed E-state index contributed by atoms with van der Waals surface area (Å²) in [5, 5.41) is 2.92. The van der Waals surface area contributed by atoms with E-state index in [-0.39, 0.29) is 11.4 Å². The molecule has 0 aliphatic rings. The summed E-state index contributed by atoms with van der Waals surface area (Å²) in [6, 6.07) is 1.64. The number of amides is 1. The lowest BCUT2D eigenvalue weighted by molar-refractivity contribution is 0.0909. The molecule has 0 saturated carbocycles. The molecule has 1 N–H and O–H groups in total. The molecule has 0 aromatic carbocycles. The minimum Gasteiger partial charge on any atom is -0.457 e. The maximum Gasteiger partial charge on any atom is 0.256 e. The monoisotopic (exact) mass is 259 g/mol. The summed E-state index contributed by atoms with van der Waals surface area (Å²) in [7, 11) is 0. The van der Waals surface area contributed by atoms with E-state index in [0.717, 1.165) is 6.42 Å². The van der Waals surface area contributed by atoms with E-state index in [9.17, 15) is 4.79 Å². The molecular formula is C10H14BrNO2. The first-order valence-corrected chi connectivity index (χ1v) is 5.31. The maximum atomic E-state index is 11.7. The molecule has 0 unspecified atom stereocenters. The fraction of sp³-hybridized carbons (Fsp3) is 0.500. The Balaban J connectivity index is 2.73. The van der Waals surface area contributed by atoms with Crippen LogP contribution in [0, 0.1) is 0 Å². The number of hydrogen-bond donors (Lipinski definition) is 1. The minimum atomic E-state index is -0.187. The highest BCUT2D eigenvalue weighted by Gasteiger charge is 2.21. The first-order valence-electron chi connectivity index (χ1n) is 4.52. The Bertz CT molecular complexity index is 331. The molecule has 1 rings (SSSR count). The van der Waals surface area contributed by atoms with E-state index >= 15 is 0 Å². The van der Waals surface area contributed by atoms with Crippen molar-refractivity contribution in [2.75, 3.05) is 0 Å². The van der Waals surface area contributed by atoms with Gasteiger partial charge >= 0.3 is 0 Å². The number of nitrogens with one attached hydrogen (secondary N) is 1. The summed E-state index contributed by atoms with van der Waals surface area (Å²) in [4.78, 5) is 11.7. The van der Waals surface area contributed by atoms with Gasteiger partial charge in [-0.05, 0) is 42.3 Å². The highest BCUT2D eigenvalue weighted by atomic mass is 79.9. The third kappa shape index (κ3) is 2.61. The van der Waals surface area contributed by atoms with Crippen LogP contribution in [0.25, 0.3) is 0 Å². The third-order valence-electron chi connectivity index (χ3n) is 2.20. The molecule has 0 aliphatic carbocycles. The molecule has 0 spiro atoms. The molecule has 0 saturated heterocycles. The second kappa shape index (κ2) is 4.17. The van der Waals surface area contributed by atoms with Gasteiger partial charge in [-0.2, -0.15) is 0 Å². The number of hydrogen-bond acceptors (Lipinski definition) is 2. The summed E-state index contributed by atoms with van der Waals surface area (Å²) in [6.07, 6.45) is 2.37. The van der Waals surface area contributed by atoms with Crippen LogP contribution in [0.3, 0.4) is 0 Å². The van der Waals surface area contributed by atoms with Gasteiger partial charge in [-0.1, -0.05) is 6.92 Å². The number of carbonyl (C=O) groups excluding carboxylic acids is 1. The molecule has 1 heterocycles. The molecule has 1 aromatic heterocycles. The van der Waals surface area contributed by atoms with Crippen LogP contribution >= 0.6 is 15.9 Å². The predicted octanol–water partition coefficient (Wildman–Crippen LogP) is 2.96. The normalized spacial score (nSPS) is 11.4. The second-order valence-electron chi connectivity index (χ2n) is 3.80. The van der Waals surface area contributed by atoms with Crippen LogP contribution in [0.5, 0.6) is 0 Å². The zero-order valence-corrected chi connectivity index (χ0v) is 10.1. The summed E-state index contributed by atoms with van der Waals surface area (Å²) < 4.78 is 5.46. The Labute approximate surface area is 92.0 Å². The van der Waals surface area contributed by atoms with Crippen molar-refractivity contribution < 1.29 is 9.21 Å². The van der Waals surface area contributed by atoms with Gasteiger partial charge in [-0.25, -0.2) is 0 Å². The van der Waals surface area contributed by atoms with Gasteiger partial charge in [0.2, 0.25) is 0 Å². The summed E-state index contributed by atoms with van der Waals surface area (Å²) in [5.41, 5.74) is 0.347. The van der Waals surface area contributed by atoms with Crippen molar-refractivity contribution in [2.24, 2.45) is 0 Å². The van der Waals surface area contributed by atoms with Crippen LogP contribution in [0.1, 0.15) is 37.6 Å². The van der Waals surface area contributed by atoms with E-state index in [4.69, 9.17) is 4.42 Å².